The molecule has 0 amide bonds. The van der Waals surface area contributed by atoms with Crippen molar-refractivity contribution >= 4 is 34.7 Å². The Hall–Kier alpha value is -0.480. The molecule has 0 saturated heterocycles. The molecule has 0 atom stereocenters. The minimum Gasteiger partial charge on any atom is -0.311 e. The van der Waals surface area contributed by atoms with Gasteiger partial charge in [0, 0.05) is 28.6 Å². The van der Waals surface area contributed by atoms with Crippen molar-refractivity contribution in [3.8, 4) is 0 Å². The first-order valence-electron chi connectivity index (χ1n) is 7.13. The predicted molar refractivity (Wildman–Crippen MR) is 96.9 cm³/mol. The molecule has 1 nitrogen and oxygen atoms in total. The van der Waals surface area contributed by atoms with Crippen LogP contribution in [0.5, 0.6) is 0 Å². The zero-order chi connectivity index (χ0) is 15.3. The maximum absolute atomic E-state index is 5.91. The van der Waals surface area contributed by atoms with Gasteiger partial charge in [-0.3, -0.25) is 0 Å². The van der Waals surface area contributed by atoms with E-state index in [-0.39, 0.29) is 5.41 Å². The predicted octanol–water partition coefficient (Wildman–Crippen LogP) is 5.58. The van der Waals surface area contributed by atoms with E-state index in [1.54, 1.807) is 11.3 Å². The molecule has 1 N–H and O–H groups in total. The van der Waals surface area contributed by atoms with E-state index in [4.69, 9.17) is 11.6 Å². The quantitative estimate of drug-likeness (QED) is 0.544. The van der Waals surface area contributed by atoms with Gasteiger partial charge >= 0.3 is 0 Å². The third-order valence-electron chi connectivity index (χ3n) is 3.20. The summed E-state index contributed by atoms with van der Waals surface area (Å²) in [5.74, 6) is 1.08. The Morgan fingerprint density at radius 2 is 1.81 bits per heavy atom. The summed E-state index contributed by atoms with van der Waals surface area (Å²) in [6, 6.07) is 13.0. The van der Waals surface area contributed by atoms with Crippen LogP contribution in [0.25, 0.3) is 0 Å². The topological polar surface area (TPSA) is 12.0 Å². The lowest BCUT2D eigenvalue weighted by atomic mass is 9.87. The molecule has 1 aromatic heterocycles. The van der Waals surface area contributed by atoms with Crippen molar-refractivity contribution in [1.29, 1.82) is 0 Å². The number of thioether (sulfide) groups is 1. The molecule has 0 spiro atoms. The molecule has 0 radical (unpaired) electrons. The van der Waals surface area contributed by atoms with Gasteiger partial charge in [0.05, 0.1) is 4.34 Å². The van der Waals surface area contributed by atoms with Crippen LogP contribution in [0.2, 0.25) is 4.34 Å². The van der Waals surface area contributed by atoms with Crippen LogP contribution in [0.15, 0.2) is 41.3 Å². The highest BCUT2D eigenvalue weighted by Crippen LogP contribution is 2.25. The van der Waals surface area contributed by atoms with Crippen LogP contribution < -0.4 is 5.32 Å². The molecule has 0 aliphatic carbocycles. The van der Waals surface area contributed by atoms with E-state index < -0.39 is 0 Å². The lowest BCUT2D eigenvalue weighted by Crippen LogP contribution is -2.15. The van der Waals surface area contributed by atoms with Crippen molar-refractivity contribution < 1.29 is 0 Å². The molecular formula is C17H22ClNS2. The number of rotatable bonds is 6. The summed E-state index contributed by atoms with van der Waals surface area (Å²) in [4.78, 5) is 2.63. The van der Waals surface area contributed by atoms with Crippen LogP contribution in [0.4, 0.5) is 0 Å². The number of benzene rings is 1. The van der Waals surface area contributed by atoms with Gasteiger partial charge in [0.25, 0.3) is 0 Å². The Morgan fingerprint density at radius 1 is 1.10 bits per heavy atom. The maximum atomic E-state index is 5.91. The molecule has 1 heterocycles. The standard InChI is InChI=1S/C17H22ClNS2/c1-17(2,3)13-4-6-14(7-5-13)20-11-10-19-12-15-8-9-16(18)21-15/h4-9,19H,10-12H2,1-3H3. The number of hydrogen-bond donors (Lipinski definition) is 1. The van der Waals surface area contributed by atoms with E-state index >= 15 is 0 Å². The Morgan fingerprint density at radius 3 is 2.38 bits per heavy atom. The first-order valence-corrected chi connectivity index (χ1v) is 9.31. The molecule has 21 heavy (non-hydrogen) atoms. The van der Waals surface area contributed by atoms with Crippen molar-refractivity contribution in [1.82, 2.24) is 5.32 Å². The molecule has 0 aliphatic heterocycles. The number of thiophene rings is 1. The summed E-state index contributed by atoms with van der Waals surface area (Å²) in [5, 5.41) is 3.45. The summed E-state index contributed by atoms with van der Waals surface area (Å²) in [5.41, 5.74) is 1.62. The summed E-state index contributed by atoms with van der Waals surface area (Å²) in [6.45, 7) is 8.64. The molecule has 0 bridgehead atoms. The van der Waals surface area contributed by atoms with Gasteiger partial charge in [0.2, 0.25) is 0 Å². The van der Waals surface area contributed by atoms with Crippen LogP contribution in [-0.4, -0.2) is 12.3 Å². The summed E-state index contributed by atoms with van der Waals surface area (Å²) in [6.07, 6.45) is 0. The monoisotopic (exact) mass is 339 g/mol. The SMILES string of the molecule is CC(C)(C)c1ccc(SCCNCc2ccc(Cl)s2)cc1. The number of halogens is 1. The van der Waals surface area contributed by atoms with E-state index in [1.807, 2.05) is 17.8 Å². The minimum atomic E-state index is 0.229. The van der Waals surface area contributed by atoms with Crippen LogP contribution in [0, 0.1) is 0 Å². The molecule has 4 heteroatoms. The van der Waals surface area contributed by atoms with Gasteiger partial charge in [-0.15, -0.1) is 23.1 Å². The highest BCUT2D eigenvalue weighted by atomic mass is 35.5. The van der Waals surface area contributed by atoms with Gasteiger partial charge in [-0.05, 0) is 35.2 Å². The summed E-state index contributed by atoms with van der Waals surface area (Å²) >= 11 is 9.45. The second kappa shape index (κ2) is 7.68. The summed E-state index contributed by atoms with van der Waals surface area (Å²) < 4.78 is 0.861. The molecule has 0 aliphatic rings. The smallest absolute Gasteiger partial charge is 0.0931 e. The molecule has 0 fully saturated rings. The Bertz CT molecular complexity index is 555. The van der Waals surface area contributed by atoms with E-state index in [0.717, 1.165) is 23.2 Å². The Balaban J connectivity index is 1.69. The third-order valence-corrected chi connectivity index (χ3v) is 5.44. The fraction of sp³-hybridized carbons (Fsp3) is 0.412. The van der Waals surface area contributed by atoms with Crippen molar-refractivity contribution in [2.75, 3.05) is 12.3 Å². The normalized spacial score (nSPS) is 11.8. The van der Waals surface area contributed by atoms with Crippen LogP contribution >= 0.6 is 34.7 Å². The van der Waals surface area contributed by atoms with Gasteiger partial charge < -0.3 is 5.32 Å². The maximum Gasteiger partial charge on any atom is 0.0931 e. The van der Waals surface area contributed by atoms with Crippen LogP contribution in [0.3, 0.4) is 0 Å². The van der Waals surface area contributed by atoms with Gasteiger partial charge in [-0.1, -0.05) is 44.5 Å². The molecule has 0 unspecified atom stereocenters. The molecule has 2 rings (SSSR count). The van der Waals surface area contributed by atoms with Crippen LogP contribution in [-0.2, 0) is 12.0 Å². The Kier molecular flexibility index (Phi) is 6.18. The van der Waals surface area contributed by atoms with E-state index in [0.29, 0.717) is 0 Å². The van der Waals surface area contributed by atoms with E-state index in [1.165, 1.54) is 15.3 Å². The number of hydrogen-bond acceptors (Lipinski definition) is 3. The highest BCUT2D eigenvalue weighted by Gasteiger charge is 2.12. The second-order valence-electron chi connectivity index (χ2n) is 6.01. The average Bonchev–Trinajstić information content (AvgIpc) is 2.84. The number of nitrogens with one attached hydrogen (secondary N) is 1. The molecule has 114 valence electrons. The van der Waals surface area contributed by atoms with Crippen LogP contribution in [0.1, 0.15) is 31.2 Å². The molecule has 2 aromatic rings. The zero-order valence-electron chi connectivity index (χ0n) is 12.8. The first-order chi connectivity index (χ1) is 9.95. The van der Waals surface area contributed by atoms with Crippen molar-refractivity contribution in [3.05, 3.63) is 51.2 Å². The van der Waals surface area contributed by atoms with Gasteiger partial charge in [0.15, 0.2) is 0 Å². The lowest BCUT2D eigenvalue weighted by Gasteiger charge is -2.19. The zero-order valence-corrected chi connectivity index (χ0v) is 15.2. The van der Waals surface area contributed by atoms with Crippen molar-refractivity contribution in [2.45, 2.75) is 37.6 Å². The summed E-state index contributed by atoms with van der Waals surface area (Å²) in [7, 11) is 0. The van der Waals surface area contributed by atoms with Gasteiger partial charge in [-0.2, -0.15) is 0 Å². The molecule has 1 aromatic carbocycles. The fourth-order valence-corrected chi connectivity index (χ4v) is 3.82. The van der Waals surface area contributed by atoms with Crippen molar-refractivity contribution in [3.63, 3.8) is 0 Å². The third kappa shape index (κ3) is 5.67. The average molecular weight is 340 g/mol. The van der Waals surface area contributed by atoms with Gasteiger partial charge in [0.1, 0.15) is 0 Å². The lowest BCUT2D eigenvalue weighted by molar-refractivity contribution is 0.590. The van der Waals surface area contributed by atoms with Crippen molar-refractivity contribution in [2.24, 2.45) is 0 Å². The molecular weight excluding hydrogens is 318 g/mol. The second-order valence-corrected chi connectivity index (χ2v) is 8.97. The fourth-order valence-electron chi connectivity index (χ4n) is 1.95. The van der Waals surface area contributed by atoms with Gasteiger partial charge in [-0.25, -0.2) is 0 Å². The first kappa shape index (κ1) is 16.9. The Labute approximate surface area is 141 Å². The van der Waals surface area contributed by atoms with E-state index in [2.05, 4.69) is 56.4 Å². The van der Waals surface area contributed by atoms with E-state index in [9.17, 15) is 0 Å². The largest absolute Gasteiger partial charge is 0.311 e. The molecule has 0 saturated carbocycles. The minimum absolute atomic E-state index is 0.229. The highest BCUT2D eigenvalue weighted by molar-refractivity contribution is 7.99.